The molecule has 2 rings (SSSR count). The lowest BCUT2D eigenvalue weighted by Crippen LogP contribution is -2.31. The number of hydrogen-bond donors (Lipinski definition) is 2. The number of carbonyl (C=O) groups is 1. The lowest BCUT2D eigenvalue weighted by molar-refractivity contribution is -0.138. The minimum absolute atomic E-state index is 0.270. The number of aromatic nitrogens is 2. The fraction of sp³-hybridized carbons (Fsp3) is 0.400. The summed E-state index contributed by atoms with van der Waals surface area (Å²) in [6, 6.07) is 4.74. The van der Waals surface area contributed by atoms with E-state index in [4.69, 9.17) is 4.74 Å². The monoisotopic (exact) mass is 289 g/mol. The second kappa shape index (κ2) is 6.39. The van der Waals surface area contributed by atoms with Gasteiger partial charge in [0.2, 0.25) is 0 Å². The van der Waals surface area contributed by atoms with Crippen molar-refractivity contribution in [2.24, 2.45) is 5.92 Å². The van der Waals surface area contributed by atoms with Gasteiger partial charge in [0.05, 0.1) is 12.6 Å². The predicted molar refractivity (Wildman–Crippen MR) is 80.6 cm³/mol. The van der Waals surface area contributed by atoms with E-state index in [0.717, 1.165) is 5.39 Å². The van der Waals surface area contributed by atoms with Crippen LogP contribution in [0.15, 0.2) is 24.5 Å². The first-order chi connectivity index (χ1) is 10.0. The Hall–Kier alpha value is -2.37. The van der Waals surface area contributed by atoms with Gasteiger partial charge in [-0.2, -0.15) is 0 Å². The fourth-order valence-corrected chi connectivity index (χ4v) is 2.14. The number of fused-ring (bicyclic) bond motifs is 1. The molecule has 6 heteroatoms. The molecule has 2 aromatic rings. The number of hydrogen-bond acceptors (Lipinski definition) is 5. The SMILES string of the molecule is COc1ccc2c(NC(CC(C)C)C(=O)O)ncnc2c1. The zero-order valence-electron chi connectivity index (χ0n) is 12.3. The molecule has 112 valence electrons. The standard InChI is InChI=1S/C15H19N3O3/c1-9(2)6-13(15(19)20)18-14-11-5-4-10(21-3)7-12(11)16-8-17-14/h4-5,7-9,13H,6H2,1-3H3,(H,19,20)(H,16,17,18). The molecule has 6 nitrogen and oxygen atoms in total. The van der Waals surface area contributed by atoms with Crippen LogP contribution in [0.1, 0.15) is 20.3 Å². The fourth-order valence-electron chi connectivity index (χ4n) is 2.14. The Labute approximate surface area is 123 Å². The second-order valence-electron chi connectivity index (χ2n) is 5.27. The minimum Gasteiger partial charge on any atom is -0.497 e. The maximum atomic E-state index is 11.3. The third-order valence-corrected chi connectivity index (χ3v) is 3.16. The normalized spacial score (nSPS) is 12.4. The molecule has 0 aliphatic carbocycles. The number of nitrogens with zero attached hydrogens (tertiary/aromatic N) is 2. The van der Waals surface area contributed by atoms with Crippen molar-refractivity contribution in [3.05, 3.63) is 24.5 Å². The largest absolute Gasteiger partial charge is 0.497 e. The van der Waals surface area contributed by atoms with Crippen molar-refractivity contribution in [2.45, 2.75) is 26.3 Å². The highest BCUT2D eigenvalue weighted by Crippen LogP contribution is 2.24. The van der Waals surface area contributed by atoms with Crippen LogP contribution < -0.4 is 10.1 Å². The maximum absolute atomic E-state index is 11.3. The van der Waals surface area contributed by atoms with E-state index in [9.17, 15) is 9.90 Å². The van der Waals surface area contributed by atoms with E-state index in [1.165, 1.54) is 6.33 Å². The number of benzene rings is 1. The summed E-state index contributed by atoms with van der Waals surface area (Å²) in [4.78, 5) is 19.7. The van der Waals surface area contributed by atoms with Crippen LogP contribution in [-0.2, 0) is 4.79 Å². The first-order valence-electron chi connectivity index (χ1n) is 6.79. The smallest absolute Gasteiger partial charge is 0.326 e. The minimum atomic E-state index is -0.885. The average Bonchev–Trinajstić information content (AvgIpc) is 2.45. The lowest BCUT2D eigenvalue weighted by Gasteiger charge is -2.18. The topological polar surface area (TPSA) is 84.3 Å². The molecule has 0 saturated carbocycles. The molecule has 0 aliphatic heterocycles. The number of nitrogens with one attached hydrogen (secondary N) is 1. The Morgan fingerprint density at radius 1 is 1.38 bits per heavy atom. The highest BCUT2D eigenvalue weighted by Gasteiger charge is 2.20. The van der Waals surface area contributed by atoms with Gasteiger partial charge in [-0.1, -0.05) is 13.8 Å². The highest BCUT2D eigenvalue weighted by atomic mass is 16.5. The summed E-state index contributed by atoms with van der Waals surface area (Å²) >= 11 is 0. The molecular weight excluding hydrogens is 270 g/mol. The Bertz CT molecular complexity index is 643. The summed E-state index contributed by atoms with van der Waals surface area (Å²) in [6.45, 7) is 3.97. The maximum Gasteiger partial charge on any atom is 0.326 e. The summed E-state index contributed by atoms with van der Waals surface area (Å²) in [5.41, 5.74) is 0.709. The van der Waals surface area contributed by atoms with Crippen molar-refractivity contribution in [3.63, 3.8) is 0 Å². The predicted octanol–water partition coefficient (Wildman–Crippen LogP) is 2.55. The number of ether oxygens (including phenoxy) is 1. The molecule has 0 bridgehead atoms. The van der Waals surface area contributed by atoms with Gasteiger partial charge < -0.3 is 15.2 Å². The molecule has 1 unspecified atom stereocenters. The molecule has 0 amide bonds. The number of rotatable bonds is 6. The zero-order valence-corrected chi connectivity index (χ0v) is 12.3. The second-order valence-corrected chi connectivity index (χ2v) is 5.27. The highest BCUT2D eigenvalue weighted by molar-refractivity contribution is 5.91. The molecule has 1 aromatic heterocycles. The van der Waals surface area contributed by atoms with Crippen LogP contribution in [0.5, 0.6) is 5.75 Å². The zero-order chi connectivity index (χ0) is 15.4. The van der Waals surface area contributed by atoms with E-state index in [1.54, 1.807) is 19.2 Å². The molecule has 0 fully saturated rings. The molecule has 0 radical (unpaired) electrons. The van der Waals surface area contributed by atoms with E-state index in [2.05, 4.69) is 15.3 Å². The van der Waals surface area contributed by atoms with Gasteiger partial charge in [-0.05, 0) is 24.5 Å². The Morgan fingerprint density at radius 3 is 2.76 bits per heavy atom. The molecule has 0 aliphatic rings. The number of aliphatic carboxylic acids is 1. The van der Waals surface area contributed by atoms with E-state index in [0.29, 0.717) is 23.5 Å². The molecule has 1 aromatic carbocycles. The summed E-state index contributed by atoms with van der Waals surface area (Å²) in [5, 5.41) is 13.1. The van der Waals surface area contributed by atoms with Crippen molar-refractivity contribution < 1.29 is 14.6 Å². The summed E-state index contributed by atoms with van der Waals surface area (Å²) in [7, 11) is 1.59. The van der Waals surface area contributed by atoms with Gasteiger partial charge in [0, 0.05) is 11.5 Å². The average molecular weight is 289 g/mol. The summed E-state index contributed by atoms with van der Waals surface area (Å²) in [6.07, 6.45) is 1.94. The number of carboxylic acids is 1. The van der Waals surface area contributed by atoms with Crippen molar-refractivity contribution >= 4 is 22.7 Å². The van der Waals surface area contributed by atoms with Gasteiger partial charge in [-0.3, -0.25) is 0 Å². The molecule has 0 spiro atoms. The van der Waals surface area contributed by atoms with Crippen LogP contribution in [0.25, 0.3) is 10.9 Å². The Morgan fingerprint density at radius 2 is 2.14 bits per heavy atom. The molecule has 0 saturated heterocycles. The first kappa shape index (κ1) is 15.0. The van der Waals surface area contributed by atoms with Crippen LogP contribution in [0.2, 0.25) is 0 Å². The van der Waals surface area contributed by atoms with Gasteiger partial charge in [0.1, 0.15) is 23.9 Å². The Kier molecular flexibility index (Phi) is 4.57. The molecule has 1 atom stereocenters. The van der Waals surface area contributed by atoms with Crippen LogP contribution in [0, 0.1) is 5.92 Å². The van der Waals surface area contributed by atoms with Gasteiger partial charge in [-0.25, -0.2) is 14.8 Å². The molecule has 2 N–H and O–H groups in total. The van der Waals surface area contributed by atoms with E-state index in [1.807, 2.05) is 19.9 Å². The van der Waals surface area contributed by atoms with E-state index >= 15 is 0 Å². The molecule has 1 heterocycles. The van der Waals surface area contributed by atoms with E-state index in [-0.39, 0.29) is 5.92 Å². The van der Waals surface area contributed by atoms with Gasteiger partial charge in [0.15, 0.2) is 0 Å². The molecule has 21 heavy (non-hydrogen) atoms. The van der Waals surface area contributed by atoms with Crippen LogP contribution in [-0.4, -0.2) is 34.2 Å². The summed E-state index contributed by atoms with van der Waals surface area (Å²) in [5.74, 6) is 0.607. The number of anilines is 1. The number of carboxylic acid groups (broad SMARTS) is 1. The number of methoxy groups -OCH3 is 1. The first-order valence-corrected chi connectivity index (χ1v) is 6.79. The van der Waals surface area contributed by atoms with Gasteiger partial charge >= 0.3 is 5.97 Å². The van der Waals surface area contributed by atoms with Crippen molar-refractivity contribution in [3.8, 4) is 5.75 Å². The summed E-state index contributed by atoms with van der Waals surface area (Å²) < 4.78 is 5.16. The van der Waals surface area contributed by atoms with E-state index < -0.39 is 12.0 Å². The van der Waals surface area contributed by atoms with Crippen molar-refractivity contribution in [1.29, 1.82) is 0 Å². The van der Waals surface area contributed by atoms with Gasteiger partial charge in [-0.15, -0.1) is 0 Å². The van der Waals surface area contributed by atoms with Crippen LogP contribution in [0.3, 0.4) is 0 Å². The molecular formula is C15H19N3O3. The van der Waals surface area contributed by atoms with Gasteiger partial charge in [0.25, 0.3) is 0 Å². The third-order valence-electron chi connectivity index (χ3n) is 3.16. The van der Waals surface area contributed by atoms with Crippen LogP contribution in [0.4, 0.5) is 5.82 Å². The lowest BCUT2D eigenvalue weighted by atomic mass is 10.0. The van der Waals surface area contributed by atoms with Crippen molar-refractivity contribution in [1.82, 2.24) is 9.97 Å². The quantitative estimate of drug-likeness (QED) is 0.850. The van der Waals surface area contributed by atoms with Crippen molar-refractivity contribution in [2.75, 3.05) is 12.4 Å². The van der Waals surface area contributed by atoms with Crippen LogP contribution >= 0.6 is 0 Å². The third kappa shape index (κ3) is 3.59. The Balaban J connectivity index is 2.34.